The standard InChI is InChI=1S/C64H50N2/c1-63(2)57-41-45(43-29-35-51(36-30-43)65(47-19-9-5-10-20-47)48-21-11-6-12-22-48)33-39-55(57)59-53-27-17-18-28-54(53)60-56-40-34-46(42-58(56)64(3,4)62(60)61(59)63)44-31-37-52(38-32-44)66(49-23-13-7-14-24-49)50-25-15-8-16-26-50/h5-42H,1-4H3. The summed E-state index contributed by atoms with van der Waals surface area (Å²) in [7, 11) is 0. The molecule has 2 aliphatic carbocycles. The maximum absolute atomic E-state index is 2.48. The molecule has 316 valence electrons. The summed E-state index contributed by atoms with van der Waals surface area (Å²) in [6.07, 6.45) is 0. The van der Waals surface area contributed by atoms with Crippen LogP contribution in [-0.2, 0) is 10.8 Å². The number of para-hydroxylation sites is 4. The van der Waals surface area contributed by atoms with Gasteiger partial charge >= 0.3 is 0 Å². The van der Waals surface area contributed by atoms with Crippen LogP contribution in [-0.4, -0.2) is 0 Å². The average molecular weight is 847 g/mol. The highest BCUT2D eigenvalue weighted by molar-refractivity contribution is 6.13. The molecule has 0 N–H and O–H groups in total. The van der Waals surface area contributed by atoms with Crippen LogP contribution in [0.2, 0.25) is 0 Å². The van der Waals surface area contributed by atoms with E-state index in [2.05, 4.69) is 268 Å². The maximum atomic E-state index is 2.48. The molecule has 0 heterocycles. The van der Waals surface area contributed by atoms with Gasteiger partial charge in [0.2, 0.25) is 0 Å². The number of hydrogen-bond donors (Lipinski definition) is 0. The van der Waals surface area contributed by atoms with Crippen molar-refractivity contribution in [1.82, 2.24) is 0 Å². The highest BCUT2D eigenvalue weighted by Gasteiger charge is 2.47. The molecule has 10 aromatic carbocycles. The third-order valence-electron chi connectivity index (χ3n) is 14.4. The highest BCUT2D eigenvalue weighted by Crippen LogP contribution is 2.62. The van der Waals surface area contributed by atoms with Crippen molar-refractivity contribution in [1.29, 1.82) is 0 Å². The Morgan fingerprint density at radius 1 is 0.273 bits per heavy atom. The van der Waals surface area contributed by atoms with Gasteiger partial charge in [-0.1, -0.05) is 173 Å². The van der Waals surface area contributed by atoms with E-state index in [-0.39, 0.29) is 10.8 Å². The van der Waals surface area contributed by atoms with Gasteiger partial charge in [-0.25, -0.2) is 0 Å². The number of fused-ring (bicyclic) bond motifs is 10. The molecule has 0 amide bonds. The Bertz CT molecular complexity index is 3110. The molecule has 0 aromatic heterocycles. The highest BCUT2D eigenvalue weighted by atomic mass is 15.1. The van der Waals surface area contributed by atoms with Gasteiger partial charge < -0.3 is 9.80 Å². The van der Waals surface area contributed by atoms with Crippen LogP contribution >= 0.6 is 0 Å². The van der Waals surface area contributed by atoms with Crippen molar-refractivity contribution < 1.29 is 0 Å². The van der Waals surface area contributed by atoms with E-state index >= 15 is 0 Å². The zero-order chi connectivity index (χ0) is 44.6. The fourth-order valence-electron chi connectivity index (χ4n) is 11.2. The topological polar surface area (TPSA) is 6.48 Å². The molecule has 10 aromatic rings. The first kappa shape index (κ1) is 39.6. The molecule has 0 fully saturated rings. The van der Waals surface area contributed by atoms with Crippen LogP contribution in [0, 0.1) is 0 Å². The summed E-state index contributed by atoms with van der Waals surface area (Å²) < 4.78 is 0. The average Bonchev–Trinajstić information content (AvgIpc) is 3.75. The smallest absolute Gasteiger partial charge is 0.0462 e. The van der Waals surface area contributed by atoms with Crippen molar-refractivity contribution >= 4 is 44.9 Å². The van der Waals surface area contributed by atoms with Crippen molar-refractivity contribution in [2.75, 3.05) is 9.80 Å². The monoisotopic (exact) mass is 846 g/mol. The number of benzene rings is 10. The lowest BCUT2D eigenvalue weighted by atomic mass is 9.71. The van der Waals surface area contributed by atoms with Gasteiger partial charge in [0.25, 0.3) is 0 Å². The van der Waals surface area contributed by atoms with Crippen LogP contribution in [0.5, 0.6) is 0 Å². The number of hydrogen-bond acceptors (Lipinski definition) is 2. The zero-order valence-corrected chi connectivity index (χ0v) is 37.8. The molecule has 2 aliphatic rings. The lowest BCUT2D eigenvalue weighted by Gasteiger charge is -2.31. The van der Waals surface area contributed by atoms with Crippen LogP contribution in [0.4, 0.5) is 34.1 Å². The van der Waals surface area contributed by atoms with E-state index in [9.17, 15) is 0 Å². The van der Waals surface area contributed by atoms with E-state index in [0.29, 0.717) is 0 Å². The van der Waals surface area contributed by atoms with Gasteiger partial charge in [-0.2, -0.15) is 0 Å². The second kappa shape index (κ2) is 15.4. The Labute approximate surface area is 388 Å². The first-order chi connectivity index (χ1) is 32.3. The molecule has 0 spiro atoms. The van der Waals surface area contributed by atoms with Crippen molar-refractivity contribution in [3.8, 4) is 44.5 Å². The van der Waals surface area contributed by atoms with Crippen LogP contribution in [0.15, 0.2) is 231 Å². The van der Waals surface area contributed by atoms with E-state index in [1.165, 1.54) is 77.5 Å². The van der Waals surface area contributed by atoms with Crippen molar-refractivity contribution in [3.05, 3.63) is 253 Å². The summed E-state index contributed by atoms with van der Waals surface area (Å²) in [6, 6.07) is 84.2. The summed E-state index contributed by atoms with van der Waals surface area (Å²) in [6.45, 7) is 9.82. The first-order valence-electron chi connectivity index (χ1n) is 23.2. The Balaban J connectivity index is 0.921. The van der Waals surface area contributed by atoms with Gasteiger partial charge in [-0.15, -0.1) is 0 Å². The molecule has 0 saturated carbocycles. The third kappa shape index (κ3) is 6.24. The van der Waals surface area contributed by atoms with E-state index in [1.807, 2.05) is 0 Å². The maximum Gasteiger partial charge on any atom is 0.0462 e. The van der Waals surface area contributed by atoms with E-state index in [0.717, 1.165) is 34.1 Å². The van der Waals surface area contributed by atoms with Crippen LogP contribution < -0.4 is 9.80 Å². The molecule has 2 heteroatoms. The Morgan fingerprint density at radius 3 is 0.864 bits per heavy atom. The Kier molecular flexibility index (Phi) is 9.22. The minimum absolute atomic E-state index is 0.229. The molecule has 0 radical (unpaired) electrons. The SMILES string of the molecule is CC1(C)c2cc(-c3ccc(N(c4ccccc4)c4ccccc4)cc3)ccc2-c2c1c1c(c3ccccc23)-c2ccc(-c3ccc(N(c4ccccc4)c4ccccc4)cc3)cc2C1(C)C. The molecule has 0 atom stereocenters. The minimum atomic E-state index is -0.229. The van der Waals surface area contributed by atoms with Gasteiger partial charge in [0, 0.05) is 45.0 Å². The quantitative estimate of drug-likeness (QED) is 0.150. The summed E-state index contributed by atoms with van der Waals surface area (Å²) in [5, 5.41) is 2.67. The minimum Gasteiger partial charge on any atom is -0.311 e. The summed E-state index contributed by atoms with van der Waals surface area (Å²) in [5.41, 5.74) is 22.5. The molecule has 12 rings (SSSR count). The number of nitrogens with zero attached hydrogens (tertiary/aromatic N) is 2. The van der Waals surface area contributed by atoms with Gasteiger partial charge in [0.05, 0.1) is 0 Å². The lowest BCUT2D eigenvalue weighted by molar-refractivity contribution is 0.602. The van der Waals surface area contributed by atoms with Crippen molar-refractivity contribution in [2.24, 2.45) is 0 Å². The van der Waals surface area contributed by atoms with Crippen molar-refractivity contribution in [3.63, 3.8) is 0 Å². The summed E-state index contributed by atoms with van der Waals surface area (Å²) in [5.74, 6) is 0. The largest absolute Gasteiger partial charge is 0.311 e. The number of anilines is 6. The molecule has 66 heavy (non-hydrogen) atoms. The van der Waals surface area contributed by atoms with Crippen LogP contribution in [0.3, 0.4) is 0 Å². The number of rotatable bonds is 8. The normalized spacial score (nSPS) is 13.7. The fraction of sp³-hybridized carbons (Fsp3) is 0.0938. The van der Waals surface area contributed by atoms with E-state index < -0.39 is 0 Å². The van der Waals surface area contributed by atoms with E-state index in [1.54, 1.807) is 0 Å². The van der Waals surface area contributed by atoms with Gasteiger partial charge in [0.1, 0.15) is 0 Å². The van der Waals surface area contributed by atoms with Crippen molar-refractivity contribution in [2.45, 2.75) is 38.5 Å². The van der Waals surface area contributed by atoms with Gasteiger partial charge in [-0.05, 0) is 162 Å². The third-order valence-corrected chi connectivity index (χ3v) is 14.4. The predicted octanol–water partition coefficient (Wildman–Crippen LogP) is 17.7. The summed E-state index contributed by atoms with van der Waals surface area (Å²) in [4.78, 5) is 4.64. The van der Waals surface area contributed by atoms with E-state index in [4.69, 9.17) is 0 Å². The summed E-state index contributed by atoms with van der Waals surface area (Å²) >= 11 is 0. The molecule has 0 saturated heterocycles. The zero-order valence-electron chi connectivity index (χ0n) is 37.8. The molecule has 0 unspecified atom stereocenters. The molecule has 2 nitrogen and oxygen atoms in total. The molecule has 0 aliphatic heterocycles. The first-order valence-corrected chi connectivity index (χ1v) is 23.2. The van der Waals surface area contributed by atoms with Crippen LogP contribution in [0.25, 0.3) is 55.3 Å². The van der Waals surface area contributed by atoms with Gasteiger partial charge in [0.15, 0.2) is 0 Å². The lowest BCUT2D eigenvalue weighted by Crippen LogP contribution is -2.24. The van der Waals surface area contributed by atoms with Crippen LogP contribution in [0.1, 0.15) is 49.9 Å². The molecule has 0 bridgehead atoms. The Hall–Kier alpha value is -7.94. The fourth-order valence-corrected chi connectivity index (χ4v) is 11.2. The second-order valence-electron chi connectivity index (χ2n) is 18.9. The Morgan fingerprint density at radius 2 is 0.545 bits per heavy atom. The molecular formula is C64H50N2. The second-order valence-corrected chi connectivity index (χ2v) is 18.9. The predicted molar refractivity (Wildman–Crippen MR) is 279 cm³/mol. The molecular weight excluding hydrogens is 797 g/mol. The van der Waals surface area contributed by atoms with Gasteiger partial charge in [-0.3, -0.25) is 0 Å².